The van der Waals surface area contributed by atoms with Crippen LogP contribution in [0.1, 0.15) is 48.0 Å². The fraction of sp³-hybridized carbons (Fsp3) is 0.240. The maximum absolute atomic E-state index is 12.7. The molecule has 3 aromatic rings. The summed E-state index contributed by atoms with van der Waals surface area (Å²) < 4.78 is 16.2. The Morgan fingerprint density at radius 3 is 2.06 bits per heavy atom. The van der Waals surface area contributed by atoms with Gasteiger partial charge >= 0.3 is 17.9 Å². The van der Waals surface area contributed by atoms with Crippen LogP contribution in [0.25, 0.3) is 0 Å². The Labute approximate surface area is 201 Å². The second kappa shape index (κ2) is 11.1. The number of benzene rings is 2. The zero-order valence-electron chi connectivity index (χ0n) is 19.8. The molecule has 0 aliphatic rings. The van der Waals surface area contributed by atoms with Crippen molar-refractivity contribution in [3.8, 4) is 0 Å². The average Bonchev–Trinajstić information content (AvgIpc) is 3.14. The number of aryl methyl sites for hydroxylation is 1. The molecule has 35 heavy (non-hydrogen) atoms. The molecule has 1 N–H and O–H groups in total. The van der Waals surface area contributed by atoms with E-state index in [2.05, 4.69) is 19.9 Å². The van der Waals surface area contributed by atoms with Crippen molar-refractivity contribution in [2.75, 3.05) is 26.1 Å². The summed E-state index contributed by atoms with van der Waals surface area (Å²) in [6, 6.07) is 13.6. The Morgan fingerprint density at radius 2 is 1.49 bits per heavy atom. The molecule has 0 bridgehead atoms. The smallest absolute Gasteiger partial charge is 0.342 e. The molecule has 1 aromatic heterocycles. The van der Waals surface area contributed by atoms with Gasteiger partial charge in [-0.2, -0.15) is 5.10 Å². The Kier molecular flexibility index (Phi) is 7.98. The van der Waals surface area contributed by atoms with Gasteiger partial charge in [0, 0.05) is 5.69 Å². The van der Waals surface area contributed by atoms with E-state index in [4.69, 9.17) is 4.74 Å². The predicted octanol–water partition coefficient (Wildman–Crippen LogP) is 2.92. The first-order valence-electron chi connectivity index (χ1n) is 10.6. The molecule has 2 aromatic carbocycles. The summed E-state index contributed by atoms with van der Waals surface area (Å²) in [7, 11) is 2.38. The first-order valence-corrected chi connectivity index (χ1v) is 10.6. The van der Waals surface area contributed by atoms with E-state index in [0.717, 1.165) is 5.56 Å². The number of carbonyl (C=O) groups is 4. The quantitative estimate of drug-likeness (QED) is 0.386. The van der Waals surface area contributed by atoms with E-state index >= 15 is 0 Å². The van der Waals surface area contributed by atoms with Crippen LogP contribution in [0.15, 0.2) is 48.5 Å². The van der Waals surface area contributed by atoms with Crippen LogP contribution in [-0.2, 0) is 25.5 Å². The molecule has 0 spiro atoms. The van der Waals surface area contributed by atoms with Crippen LogP contribution >= 0.6 is 0 Å². The molecule has 1 heterocycles. The molecule has 10 heteroatoms. The molecule has 0 fully saturated rings. The van der Waals surface area contributed by atoms with Gasteiger partial charge in [0.1, 0.15) is 5.56 Å². The highest BCUT2D eigenvalue weighted by molar-refractivity contribution is 6.00. The minimum atomic E-state index is -0.698. The molecular formula is C25H25N3O7. The third-order valence-corrected chi connectivity index (χ3v) is 5.15. The Morgan fingerprint density at radius 1 is 0.886 bits per heavy atom. The highest BCUT2D eigenvalue weighted by Crippen LogP contribution is 2.18. The lowest BCUT2D eigenvalue weighted by Crippen LogP contribution is -2.22. The van der Waals surface area contributed by atoms with Crippen molar-refractivity contribution >= 4 is 29.5 Å². The van der Waals surface area contributed by atoms with Gasteiger partial charge in [-0.25, -0.2) is 14.4 Å². The summed E-state index contributed by atoms with van der Waals surface area (Å²) >= 11 is 0. The van der Waals surface area contributed by atoms with Gasteiger partial charge < -0.3 is 19.5 Å². The van der Waals surface area contributed by atoms with Crippen molar-refractivity contribution in [1.29, 1.82) is 0 Å². The van der Waals surface area contributed by atoms with E-state index in [1.54, 1.807) is 18.5 Å². The van der Waals surface area contributed by atoms with E-state index in [0.29, 0.717) is 17.9 Å². The fourth-order valence-corrected chi connectivity index (χ4v) is 3.47. The number of esters is 3. The number of hydrogen-bond acceptors (Lipinski definition) is 8. The number of carbonyl (C=O) groups excluding carboxylic acids is 4. The molecule has 0 saturated carbocycles. The topological polar surface area (TPSA) is 126 Å². The molecule has 0 radical (unpaired) electrons. The lowest BCUT2D eigenvalue weighted by molar-refractivity contribution is -0.119. The third-order valence-electron chi connectivity index (χ3n) is 5.15. The lowest BCUT2D eigenvalue weighted by atomic mass is 10.1. The number of rotatable bonds is 8. The summed E-state index contributed by atoms with van der Waals surface area (Å²) in [5.41, 5.74) is 2.63. The number of nitrogens with one attached hydrogen (secondary N) is 1. The van der Waals surface area contributed by atoms with Crippen LogP contribution in [0, 0.1) is 13.8 Å². The van der Waals surface area contributed by atoms with Gasteiger partial charge in [0.2, 0.25) is 0 Å². The molecule has 0 atom stereocenters. The second-order valence-corrected chi connectivity index (χ2v) is 7.60. The Hall–Kier alpha value is -4.47. The monoisotopic (exact) mass is 479 g/mol. The number of methoxy groups -OCH3 is 2. The number of aromatic nitrogens is 2. The zero-order chi connectivity index (χ0) is 25.5. The van der Waals surface area contributed by atoms with Crippen molar-refractivity contribution in [1.82, 2.24) is 9.78 Å². The van der Waals surface area contributed by atoms with Crippen LogP contribution in [0.2, 0.25) is 0 Å². The van der Waals surface area contributed by atoms with Gasteiger partial charge in [-0.05, 0) is 37.6 Å². The molecule has 182 valence electrons. The number of anilines is 1. The van der Waals surface area contributed by atoms with Crippen molar-refractivity contribution in [3.63, 3.8) is 0 Å². The minimum absolute atomic E-state index is 0.0415. The molecule has 0 saturated heterocycles. The average molecular weight is 479 g/mol. The maximum atomic E-state index is 12.7. The van der Waals surface area contributed by atoms with Gasteiger partial charge in [0.15, 0.2) is 6.61 Å². The van der Waals surface area contributed by atoms with Gasteiger partial charge in [0.25, 0.3) is 5.91 Å². The van der Waals surface area contributed by atoms with Crippen molar-refractivity contribution in [2.24, 2.45) is 0 Å². The van der Waals surface area contributed by atoms with E-state index in [1.807, 2.05) is 30.3 Å². The molecule has 3 rings (SSSR count). The molecule has 1 amide bonds. The van der Waals surface area contributed by atoms with Crippen LogP contribution in [0.3, 0.4) is 0 Å². The van der Waals surface area contributed by atoms with E-state index in [1.165, 1.54) is 32.4 Å². The predicted molar refractivity (Wildman–Crippen MR) is 125 cm³/mol. The fourth-order valence-electron chi connectivity index (χ4n) is 3.47. The molecule has 0 unspecified atom stereocenters. The van der Waals surface area contributed by atoms with Crippen molar-refractivity contribution < 1.29 is 33.4 Å². The molecule has 10 nitrogen and oxygen atoms in total. The third kappa shape index (κ3) is 6.11. The highest BCUT2D eigenvalue weighted by atomic mass is 16.5. The summed E-state index contributed by atoms with van der Waals surface area (Å²) in [6.45, 7) is 3.35. The van der Waals surface area contributed by atoms with E-state index < -0.39 is 30.4 Å². The SMILES string of the molecule is COC(=O)c1cc(NC(=O)COC(=O)c2c(C)nn(Cc3ccccc3)c2C)cc(C(=O)OC)c1. The summed E-state index contributed by atoms with van der Waals surface area (Å²) in [5.74, 6) is -2.75. The zero-order valence-corrected chi connectivity index (χ0v) is 19.8. The maximum Gasteiger partial charge on any atom is 0.342 e. The largest absolute Gasteiger partial charge is 0.465 e. The van der Waals surface area contributed by atoms with Crippen LogP contribution < -0.4 is 5.32 Å². The number of hydrogen-bond donors (Lipinski definition) is 1. The standard InChI is InChI=1S/C25H25N3O7/c1-15-22(16(2)28(27-15)13-17-8-6-5-7-9-17)25(32)35-14-21(29)26-20-11-18(23(30)33-3)10-19(12-20)24(31)34-4/h5-12H,13-14H2,1-4H3,(H,26,29). The Bertz CT molecular complexity index is 1230. The summed E-state index contributed by atoms with van der Waals surface area (Å²) in [5, 5.41) is 6.92. The van der Waals surface area contributed by atoms with Gasteiger partial charge in [-0.3, -0.25) is 9.48 Å². The molecule has 0 aliphatic carbocycles. The van der Waals surface area contributed by atoms with Gasteiger partial charge in [0.05, 0.1) is 43.3 Å². The van der Waals surface area contributed by atoms with Crippen LogP contribution in [-0.4, -0.2) is 54.4 Å². The minimum Gasteiger partial charge on any atom is -0.465 e. The highest BCUT2D eigenvalue weighted by Gasteiger charge is 2.21. The normalized spacial score (nSPS) is 10.4. The van der Waals surface area contributed by atoms with Crippen LogP contribution in [0.4, 0.5) is 5.69 Å². The molecule has 0 aliphatic heterocycles. The second-order valence-electron chi connectivity index (χ2n) is 7.60. The summed E-state index contributed by atoms with van der Waals surface area (Å²) in [6.07, 6.45) is 0. The summed E-state index contributed by atoms with van der Waals surface area (Å²) in [4.78, 5) is 48.9. The van der Waals surface area contributed by atoms with Gasteiger partial charge in [-0.15, -0.1) is 0 Å². The molecular weight excluding hydrogens is 454 g/mol. The number of ether oxygens (including phenoxy) is 3. The van der Waals surface area contributed by atoms with Crippen molar-refractivity contribution in [2.45, 2.75) is 20.4 Å². The van der Waals surface area contributed by atoms with Crippen LogP contribution in [0.5, 0.6) is 0 Å². The van der Waals surface area contributed by atoms with E-state index in [9.17, 15) is 19.2 Å². The first kappa shape index (κ1) is 25.2. The number of amides is 1. The number of nitrogens with zero attached hydrogens (tertiary/aromatic N) is 2. The first-order chi connectivity index (χ1) is 16.7. The van der Waals surface area contributed by atoms with Crippen molar-refractivity contribution in [3.05, 3.63) is 82.2 Å². The lowest BCUT2D eigenvalue weighted by Gasteiger charge is -2.10. The van der Waals surface area contributed by atoms with E-state index in [-0.39, 0.29) is 22.4 Å². The Balaban J connectivity index is 1.69. The van der Waals surface area contributed by atoms with Gasteiger partial charge in [-0.1, -0.05) is 30.3 Å².